The van der Waals surface area contributed by atoms with Crippen molar-refractivity contribution in [3.05, 3.63) is 0 Å². The molecule has 2 unspecified atom stereocenters. The van der Waals surface area contributed by atoms with Gasteiger partial charge in [-0.2, -0.15) is 0 Å². The third kappa shape index (κ3) is 0.533. The molecule has 0 bridgehead atoms. The average molecular weight is 87.1 g/mol. The fourth-order valence-corrected chi connectivity index (χ4v) is 0.476. The van der Waals surface area contributed by atoms with E-state index in [1.165, 1.54) is 0 Å². The maximum Gasteiger partial charge on any atom is 0.123 e. The molecular weight excluding hydrogens is 78.0 g/mol. The van der Waals surface area contributed by atoms with Crippen molar-refractivity contribution in [3.8, 4) is 0 Å². The first-order valence-corrected chi connectivity index (χ1v) is 2.13. The van der Waals surface area contributed by atoms with E-state index in [0.29, 0.717) is 12.3 Å². The van der Waals surface area contributed by atoms with Gasteiger partial charge in [0, 0.05) is 13.2 Å². The van der Waals surface area contributed by atoms with Crippen molar-refractivity contribution in [1.82, 2.24) is 5.32 Å². The Morgan fingerprint density at radius 3 is 2.17 bits per heavy atom. The van der Waals surface area contributed by atoms with Gasteiger partial charge in [-0.05, 0) is 6.92 Å². The van der Waals surface area contributed by atoms with Crippen LogP contribution < -0.4 is 5.32 Å². The van der Waals surface area contributed by atoms with E-state index in [-0.39, 0.29) is 0 Å². The van der Waals surface area contributed by atoms with Crippen LogP contribution in [0.3, 0.4) is 0 Å². The summed E-state index contributed by atoms with van der Waals surface area (Å²) in [6.45, 7) is 2.09. The molecule has 0 aromatic carbocycles. The summed E-state index contributed by atoms with van der Waals surface area (Å²) in [4.78, 5) is 0. The maximum absolute atomic E-state index is 4.86. The highest BCUT2D eigenvalue weighted by atomic mass is 16.5. The highest BCUT2D eigenvalue weighted by Crippen LogP contribution is 2.07. The lowest BCUT2D eigenvalue weighted by atomic mass is 10.5. The van der Waals surface area contributed by atoms with E-state index in [2.05, 4.69) is 12.2 Å². The van der Waals surface area contributed by atoms with Gasteiger partial charge < -0.3 is 4.74 Å². The van der Waals surface area contributed by atoms with E-state index in [4.69, 9.17) is 4.74 Å². The highest BCUT2D eigenvalue weighted by molar-refractivity contribution is 4.85. The summed E-state index contributed by atoms with van der Waals surface area (Å²) in [7, 11) is 1.71. The molecule has 0 aromatic rings. The van der Waals surface area contributed by atoms with E-state index >= 15 is 0 Å². The molecule has 36 valence electrons. The minimum absolute atomic E-state index is 0.352. The minimum Gasteiger partial charge on any atom is -0.365 e. The smallest absolute Gasteiger partial charge is 0.123 e. The first-order valence-electron chi connectivity index (χ1n) is 2.13. The average Bonchev–Trinajstić information content (AvgIpc) is 2.19. The third-order valence-corrected chi connectivity index (χ3v) is 1.03. The predicted octanol–water partition coefficient (Wildman–Crippen LogP) is -0.0494. The largest absolute Gasteiger partial charge is 0.365 e. The summed E-state index contributed by atoms with van der Waals surface area (Å²) in [5.41, 5.74) is 0. The van der Waals surface area contributed by atoms with E-state index in [0.717, 1.165) is 0 Å². The zero-order chi connectivity index (χ0) is 4.57. The Hall–Kier alpha value is -0.0800. The lowest BCUT2D eigenvalue weighted by molar-refractivity contribution is 0.173. The summed E-state index contributed by atoms with van der Waals surface area (Å²) < 4.78 is 4.86. The second-order valence-corrected chi connectivity index (χ2v) is 1.61. The standard InChI is InChI=1S/C4H9NO/c1-3-4(5-3)6-2/h3-5H,1-2H3. The van der Waals surface area contributed by atoms with Gasteiger partial charge in [0.2, 0.25) is 0 Å². The lowest BCUT2D eigenvalue weighted by Gasteiger charge is -1.81. The lowest BCUT2D eigenvalue weighted by Crippen LogP contribution is -1.91. The minimum atomic E-state index is 0.352. The zero-order valence-corrected chi connectivity index (χ0v) is 4.06. The van der Waals surface area contributed by atoms with Crippen molar-refractivity contribution in [2.24, 2.45) is 0 Å². The van der Waals surface area contributed by atoms with Crippen LogP contribution in [0.15, 0.2) is 0 Å². The molecule has 1 aliphatic heterocycles. The predicted molar refractivity (Wildman–Crippen MR) is 23.4 cm³/mol. The van der Waals surface area contributed by atoms with Gasteiger partial charge in [0.15, 0.2) is 0 Å². The number of hydrogen-bond acceptors (Lipinski definition) is 2. The van der Waals surface area contributed by atoms with Gasteiger partial charge in [-0.1, -0.05) is 0 Å². The Kier molecular flexibility index (Phi) is 0.821. The first-order chi connectivity index (χ1) is 2.84. The van der Waals surface area contributed by atoms with Gasteiger partial charge in [-0.25, -0.2) is 0 Å². The van der Waals surface area contributed by atoms with Gasteiger partial charge in [-0.3, -0.25) is 5.32 Å². The number of hydrogen-bond donors (Lipinski definition) is 1. The van der Waals surface area contributed by atoms with Crippen LogP contribution in [0.4, 0.5) is 0 Å². The molecule has 0 aliphatic carbocycles. The number of nitrogens with one attached hydrogen (secondary N) is 1. The molecule has 1 rings (SSSR count). The second kappa shape index (κ2) is 1.21. The SMILES string of the molecule is COC1NC1C. The number of ether oxygens (including phenoxy) is 1. The molecule has 0 aromatic heterocycles. The van der Waals surface area contributed by atoms with Crippen LogP contribution in [-0.4, -0.2) is 19.4 Å². The molecule has 1 heterocycles. The Morgan fingerprint density at radius 2 is 2.17 bits per heavy atom. The van der Waals surface area contributed by atoms with E-state index < -0.39 is 0 Å². The zero-order valence-electron chi connectivity index (χ0n) is 4.06. The van der Waals surface area contributed by atoms with Crippen LogP contribution in [0.25, 0.3) is 0 Å². The monoisotopic (exact) mass is 87.1 g/mol. The molecule has 0 saturated carbocycles. The summed E-state index contributed by atoms with van der Waals surface area (Å²) in [5, 5.41) is 3.06. The van der Waals surface area contributed by atoms with Gasteiger partial charge in [0.1, 0.15) is 6.23 Å². The molecule has 1 aliphatic rings. The molecule has 0 radical (unpaired) electrons. The third-order valence-electron chi connectivity index (χ3n) is 1.03. The quantitative estimate of drug-likeness (QED) is 0.455. The molecule has 1 N–H and O–H groups in total. The Bertz CT molecular complexity index is 53.5. The molecule has 1 saturated heterocycles. The van der Waals surface area contributed by atoms with Crippen molar-refractivity contribution >= 4 is 0 Å². The number of methoxy groups -OCH3 is 1. The van der Waals surface area contributed by atoms with Crippen LogP contribution >= 0.6 is 0 Å². The van der Waals surface area contributed by atoms with Gasteiger partial charge >= 0.3 is 0 Å². The van der Waals surface area contributed by atoms with Crippen LogP contribution in [0.5, 0.6) is 0 Å². The molecule has 0 amide bonds. The summed E-state index contributed by atoms with van der Waals surface area (Å²) >= 11 is 0. The molecule has 6 heavy (non-hydrogen) atoms. The molecule has 0 spiro atoms. The summed E-state index contributed by atoms with van der Waals surface area (Å²) in [5.74, 6) is 0. The molecular formula is C4H9NO. The van der Waals surface area contributed by atoms with Crippen molar-refractivity contribution < 1.29 is 4.74 Å². The Balaban J connectivity index is 2.09. The van der Waals surface area contributed by atoms with E-state index in [9.17, 15) is 0 Å². The summed E-state index contributed by atoms with van der Waals surface area (Å²) in [6.07, 6.45) is 0.352. The highest BCUT2D eigenvalue weighted by Gasteiger charge is 2.30. The van der Waals surface area contributed by atoms with E-state index in [1.54, 1.807) is 7.11 Å². The van der Waals surface area contributed by atoms with Gasteiger partial charge in [-0.15, -0.1) is 0 Å². The summed E-state index contributed by atoms with van der Waals surface area (Å²) in [6, 6.07) is 0.593. The maximum atomic E-state index is 4.86. The Labute approximate surface area is 37.5 Å². The Morgan fingerprint density at radius 1 is 1.67 bits per heavy atom. The molecule has 1 fully saturated rings. The van der Waals surface area contributed by atoms with Crippen molar-refractivity contribution in [1.29, 1.82) is 0 Å². The van der Waals surface area contributed by atoms with Crippen LogP contribution in [0.1, 0.15) is 6.92 Å². The first kappa shape index (κ1) is 4.09. The number of rotatable bonds is 1. The van der Waals surface area contributed by atoms with Crippen LogP contribution in [-0.2, 0) is 4.74 Å². The van der Waals surface area contributed by atoms with Crippen molar-refractivity contribution in [2.75, 3.05) is 7.11 Å². The fraction of sp³-hybridized carbons (Fsp3) is 1.00. The van der Waals surface area contributed by atoms with Crippen LogP contribution in [0.2, 0.25) is 0 Å². The molecule has 2 nitrogen and oxygen atoms in total. The molecule has 2 heteroatoms. The second-order valence-electron chi connectivity index (χ2n) is 1.61. The van der Waals surface area contributed by atoms with Crippen molar-refractivity contribution in [2.45, 2.75) is 19.2 Å². The molecule has 2 atom stereocenters. The topological polar surface area (TPSA) is 31.2 Å². The van der Waals surface area contributed by atoms with Crippen molar-refractivity contribution in [3.63, 3.8) is 0 Å². The van der Waals surface area contributed by atoms with E-state index in [1.807, 2.05) is 0 Å². The van der Waals surface area contributed by atoms with Crippen LogP contribution in [0, 0.1) is 0 Å². The normalized spacial score (nSPS) is 43.0. The fourth-order valence-electron chi connectivity index (χ4n) is 0.476. The van der Waals surface area contributed by atoms with Gasteiger partial charge in [0.25, 0.3) is 0 Å². The van der Waals surface area contributed by atoms with Gasteiger partial charge in [0.05, 0.1) is 0 Å².